The first-order chi connectivity index (χ1) is 16.3. The van der Waals surface area contributed by atoms with E-state index >= 15 is 0 Å². The molecule has 1 aliphatic heterocycles. The molecule has 0 spiro atoms. The summed E-state index contributed by atoms with van der Waals surface area (Å²) in [7, 11) is 2.88. The largest absolute Gasteiger partial charge is 0.506 e. The van der Waals surface area contributed by atoms with Gasteiger partial charge in [-0.15, -0.1) is 0 Å². The molecule has 7 heteroatoms. The topological polar surface area (TPSA) is 76.1 Å². The SMILES string of the molecule is COc1cccc(OC)c1/C(O)=C1\C(=O)C(=O)N(Cc2ccc(F)cc2)C1c1cccc(C)c1. The molecule has 0 aromatic heterocycles. The quantitative estimate of drug-likeness (QED) is 0.325. The lowest BCUT2D eigenvalue weighted by Gasteiger charge is -2.26. The lowest BCUT2D eigenvalue weighted by Crippen LogP contribution is -2.29. The van der Waals surface area contributed by atoms with Crippen LogP contribution in [0.15, 0.2) is 72.3 Å². The van der Waals surface area contributed by atoms with Gasteiger partial charge < -0.3 is 19.5 Å². The van der Waals surface area contributed by atoms with Crippen LogP contribution in [0.5, 0.6) is 11.5 Å². The van der Waals surface area contributed by atoms with Crippen molar-refractivity contribution in [2.75, 3.05) is 14.2 Å². The molecule has 1 fully saturated rings. The van der Waals surface area contributed by atoms with Gasteiger partial charge in [-0.05, 0) is 42.3 Å². The minimum absolute atomic E-state index is 0.0588. The number of Topliss-reactive ketones (excluding diaryl/α,β-unsaturated/α-hetero) is 1. The molecule has 1 aliphatic rings. The Bertz CT molecular complexity index is 1260. The molecular weight excluding hydrogens is 437 g/mol. The monoisotopic (exact) mass is 461 g/mol. The molecule has 0 aliphatic carbocycles. The summed E-state index contributed by atoms with van der Waals surface area (Å²) in [4.78, 5) is 27.9. The highest BCUT2D eigenvalue weighted by Crippen LogP contribution is 2.44. The van der Waals surface area contributed by atoms with Crippen LogP contribution in [-0.4, -0.2) is 35.9 Å². The van der Waals surface area contributed by atoms with E-state index < -0.39 is 23.5 Å². The number of hydrogen-bond donors (Lipinski definition) is 1. The van der Waals surface area contributed by atoms with Gasteiger partial charge in [-0.25, -0.2) is 4.39 Å². The fourth-order valence-corrected chi connectivity index (χ4v) is 4.24. The number of amides is 1. The van der Waals surface area contributed by atoms with E-state index in [0.717, 1.165) is 5.56 Å². The van der Waals surface area contributed by atoms with E-state index in [1.54, 1.807) is 36.4 Å². The molecule has 0 bridgehead atoms. The number of hydrogen-bond acceptors (Lipinski definition) is 5. The second-order valence-corrected chi connectivity index (χ2v) is 8.01. The van der Waals surface area contributed by atoms with Crippen molar-refractivity contribution in [2.24, 2.45) is 0 Å². The fraction of sp³-hybridized carbons (Fsp3) is 0.185. The zero-order valence-corrected chi connectivity index (χ0v) is 19.0. The lowest BCUT2D eigenvalue weighted by atomic mass is 9.93. The number of nitrogens with zero attached hydrogens (tertiary/aromatic N) is 1. The van der Waals surface area contributed by atoms with Crippen molar-refractivity contribution in [2.45, 2.75) is 19.5 Å². The normalized spacial score (nSPS) is 17.2. The summed E-state index contributed by atoms with van der Waals surface area (Å²) in [6.07, 6.45) is 0. The molecule has 1 saturated heterocycles. The smallest absolute Gasteiger partial charge is 0.295 e. The average molecular weight is 461 g/mol. The Kier molecular flexibility index (Phi) is 6.36. The van der Waals surface area contributed by atoms with E-state index in [-0.39, 0.29) is 23.4 Å². The van der Waals surface area contributed by atoms with E-state index in [0.29, 0.717) is 22.6 Å². The second-order valence-electron chi connectivity index (χ2n) is 8.01. The standard InChI is InChI=1S/C27H24FNO5/c1-16-6-4-7-18(14-16)24-23(25(30)22-20(33-2)8-5-9-21(22)34-3)26(31)27(32)29(24)15-17-10-12-19(28)13-11-17/h4-14,24,30H,15H2,1-3H3/b25-23+. The van der Waals surface area contributed by atoms with Crippen molar-refractivity contribution in [1.82, 2.24) is 4.90 Å². The Morgan fingerprint density at radius 1 is 0.971 bits per heavy atom. The number of halogens is 1. The van der Waals surface area contributed by atoms with Crippen molar-refractivity contribution in [3.05, 3.63) is 100 Å². The molecule has 3 aromatic carbocycles. The van der Waals surface area contributed by atoms with Gasteiger partial charge in [-0.3, -0.25) is 9.59 Å². The van der Waals surface area contributed by atoms with Crippen molar-refractivity contribution in [1.29, 1.82) is 0 Å². The molecular formula is C27H24FNO5. The van der Waals surface area contributed by atoms with Crippen LogP contribution in [-0.2, 0) is 16.1 Å². The number of carbonyl (C=O) groups is 2. The van der Waals surface area contributed by atoms with Gasteiger partial charge >= 0.3 is 0 Å². The van der Waals surface area contributed by atoms with Crippen molar-refractivity contribution < 1.29 is 28.6 Å². The third-order valence-corrected chi connectivity index (χ3v) is 5.83. The van der Waals surface area contributed by atoms with Crippen LogP contribution in [0, 0.1) is 12.7 Å². The van der Waals surface area contributed by atoms with Crippen molar-refractivity contribution >= 4 is 17.4 Å². The maximum absolute atomic E-state index is 13.4. The maximum atomic E-state index is 13.4. The summed E-state index contributed by atoms with van der Waals surface area (Å²) < 4.78 is 24.2. The van der Waals surface area contributed by atoms with Gasteiger partial charge in [0.25, 0.3) is 11.7 Å². The molecule has 3 aromatic rings. The Labute approximate surface area is 196 Å². The second kappa shape index (κ2) is 9.39. The number of methoxy groups -OCH3 is 2. The molecule has 1 atom stereocenters. The average Bonchev–Trinajstić information content (AvgIpc) is 3.09. The zero-order chi connectivity index (χ0) is 24.4. The van der Waals surface area contributed by atoms with Crippen LogP contribution in [0.1, 0.15) is 28.3 Å². The summed E-state index contributed by atoms with van der Waals surface area (Å²) in [5.74, 6) is -1.77. The van der Waals surface area contributed by atoms with E-state index in [1.165, 1.54) is 31.3 Å². The fourth-order valence-electron chi connectivity index (χ4n) is 4.24. The maximum Gasteiger partial charge on any atom is 0.295 e. The minimum Gasteiger partial charge on any atom is -0.506 e. The summed E-state index contributed by atoms with van der Waals surface area (Å²) in [5.41, 5.74) is 2.36. The van der Waals surface area contributed by atoms with E-state index in [2.05, 4.69) is 0 Å². The van der Waals surface area contributed by atoms with Crippen molar-refractivity contribution in [3.63, 3.8) is 0 Å². The number of carbonyl (C=O) groups excluding carboxylic acids is 2. The number of likely N-dealkylation sites (tertiary alicyclic amines) is 1. The molecule has 6 nitrogen and oxygen atoms in total. The van der Waals surface area contributed by atoms with E-state index in [9.17, 15) is 19.1 Å². The number of aliphatic hydroxyl groups is 1. The predicted octanol–water partition coefficient (Wildman–Crippen LogP) is 4.77. The zero-order valence-electron chi connectivity index (χ0n) is 19.0. The number of rotatable bonds is 6. The van der Waals surface area contributed by atoms with Crippen LogP contribution < -0.4 is 9.47 Å². The third kappa shape index (κ3) is 4.12. The van der Waals surface area contributed by atoms with Gasteiger partial charge in [0.05, 0.1) is 25.8 Å². The van der Waals surface area contributed by atoms with Crippen LogP contribution >= 0.6 is 0 Å². The summed E-state index contributed by atoms with van der Waals surface area (Å²) in [5, 5.41) is 11.4. The first kappa shape index (κ1) is 23.0. The summed E-state index contributed by atoms with van der Waals surface area (Å²) in [6, 6.07) is 17.2. The molecule has 1 amide bonds. The Hall–Kier alpha value is -4.13. The molecule has 0 radical (unpaired) electrons. The number of ketones is 1. The van der Waals surface area contributed by atoms with Gasteiger partial charge in [0.15, 0.2) is 0 Å². The number of benzene rings is 3. The molecule has 0 saturated carbocycles. The Balaban J connectivity index is 1.93. The van der Waals surface area contributed by atoms with Crippen LogP contribution in [0.25, 0.3) is 5.76 Å². The van der Waals surface area contributed by atoms with Crippen LogP contribution in [0.3, 0.4) is 0 Å². The Morgan fingerprint density at radius 3 is 2.18 bits per heavy atom. The van der Waals surface area contributed by atoms with Gasteiger partial charge in [0.2, 0.25) is 0 Å². The number of aryl methyl sites for hydroxylation is 1. The molecule has 34 heavy (non-hydrogen) atoms. The summed E-state index contributed by atoms with van der Waals surface area (Å²) >= 11 is 0. The first-order valence-electron chi connectivity index (χ1n) is 10.7. The van der Waals surface area contributed by atoms with Crippen LogP contribution in [0.4, 0.5) is 4.39 Å². The first-order valence-corrected chi connectivity index (χ1v) is 10.7. The third-order valence-electron chi connectivity index (χ3n) is 5.83. The lowest BCUT2D eigenvalue weighted by molar-refractivity contribution is -0.140. The number of ether oxygens (including phenoxy) is 2. The highest BCUT2D eigenvalue weighted by atomic mass is 19.1. The van der Waals surface area contributed by atoms with Gasteiger partial charge in [-0.1, -0.05) is 48.0 Å². The minimum atomic E-state index is -0.862. The molecule has 4 rings (SSSR count). The molecule has 174 valence electrons. The van der Waals surface area contributed by atoms with E-state index in [4.69, 9.17) is 9.47 Å². The van der Waals surface area contributed by atoms with E-state index in [1.807, 2.05) is 25.1 Å². The predicted molar refractivity (Wildman–Crippen MR) is 125 cm³/mol. The Morgan fingerprint density at radius 2 is 1.59 bits per heavy atom. The van der Waals surface area contributed by atoms with Crippen LogP contribution in [0.2, 0.25) is 0 Å². The molecule has 1 unspecified atom stereocenters. The van der Waals surface area contributed by atoms with Gasteiger partial charge in [0.1, 0.15) is 28.6 Å². The van der Waals surface area contributed by atoms with Gasteiger partial charge in [-0.2, -0.15) is 0 Å². The van der Waals surface area contributed by atoms with Gasteiger partial charge in [0, 0.05) is 6.54 Å². The van der Waals surface area contributed by atoms with Crippen molar-refractivity contribution in [3.8, 4) is 11.5 Å². The molecule has 1 heterocycles. The highest BCUT2D eigenvalue weighted by Gasteiger charge is 2.46. The highest BCUT2D eigenvalue weighted by molar-refractivity contribution is 6.46. The number of aliphatic hydroxyl groups excluding tert-OH is 1. The molecule has 1 N–H and O–H groups in total. The summed E-state index contributed by atoms with van der Waals surface area (Å²) in [6.45, 7) is 1.96.